The zero-order chi connectivity index (χ0) is 25.6. The minimum atomic E-state index is -3.77. The molecule has 2 aliphatic carbocycles. The van der Waals surface area contributed by atoms with Crippen molar-refractivity contribution in [2.75, 3.05) is 0 Å². The summed E-state index contributed by atoms with van der Waals surface area (Å²) in [5.41, 5.74) is -3.28. The minimum absolute atomic E-state index is 0.0405. The third-order valence-electron chi connectivity index (χ3n) is 4.66. The summed E-state index contributed by atoms with van der Waals surface area (Å²) in [6.07, 6.45) is -16.8. The molecule has 20 heavy (non-hydrogen) atoms. The predicted octanol–water partition coefficient (Wildman–Crippen LogP) is 4.21. The van der Waals surface area contributed by atoms with Crippen LogP contribution in [0.4, 0.5) is 0 Å². The molecule has 2 N–H and O–H groups in total. The molecule has 2 aliphatic rings. The quantitative estimate of drug-likeness (QED) is 0.762. The first-order valence-electron chi connectivity index (χ1n) is 13.0. The van der Waals surface area contributed by atoms with E-state index in [2.05, 4.69) is 0 Å². The van der Waals surface area contributed by atoms with Gasteiger partial charge in [0.05, 0.1) is 13.1 Å². The molecule has 0 aromatic heterocycles. The van der Waals surface area contributed by atoms with Crippen LogP contribution >= 0.6 is 0 Å². The van der Waals surface area contributed by atoms with Crippen LogP contribution in [-0.2, 0) is 0 Å². The normalized spacial score (nSPS) is 53.0. The predicted molar refractivity (Wildman–Crippen MR) is 83.5 cm³/mol. The van der Waals surface area contributed by atoms with Gasteiger partial charge in [0.1, 0.15) is 0 Å². The van der Waals surface area contributed by atoms with Crippen molar-refractivity contribution in [2.45, 2.75) is 90.5 Å². The molecule has 2 rings (SSSR count). The Morgan fingerprint density at radius 2 is 2.30 bits per heavy atom. The number of rotatable bonds is 4. The Bertz CT molecular complexity index is 791. The lowest BCUT2D eigenvalue weighted by atomic mass is 9.59. The van der Waals surface area contributed by atoms with Crippen LogP contribution in [-0.4, -0.2) is 21.9 Å². The largest absolute Gasteiger partial charge is 0.390 e. The molecule has 0 heterocycles. The minimum Gasteiger partial charge on any atom is -0.390 e. The molecule has 2 heteroatoms. The highest BCUT2D eigenvalue weighted by Gasteiger charge is 2.44. The van der Waals surface area contributed by atoms with E-state index in [1.807, 2.05) is 0 Å². The molecule has 0 aliphatic heterocycles. The third-order valence-corrected chi connectivity index (χ3v) is 4.66. The first-order chi connectivity index (χ1) is 13.8. The molecule has 2 nitrogen and oxygen atoms in total. The molecule has 1 unspecified atom stereocenters. The molecule has 0 spiro atoms. The Labute approximate surface area is 141 Å². The van der Waals surface area contributed by atoms with E-state index in [-0.39, 0.29) is 24.8 Å². The van der Waals surface area contributed by atoms with Crippen LogP contribution in [0, 0.1) is 11.3 Å². The summed E-state index contributed by atoms with van der Waals surface area (Å²) in [5, 5.41) is 21.5. The Kier molecular flexibility index (Phi) is 1.86. The van der Waals surface area contributed by atoms with Gasteiger partial charge in [-0.15, -0.1) is 0 Å². The molecule has 1 fully saturated rings. The third kappa shape index (κ3) is 3.12. The molecule has 0 saturated heterocycles. The van der Waals surface area contributed by atoms with Crippen LogP contribution in [0.3, 0.4) is 0 Å². The SMILES string of the molecule is [2H]C([2H])([2H])C([2H])([2H])C([2H])([2H])C([2H])([2H])C1=C2C[C@H](C(C)(C)O)CC[C@]2(C)CC([2H])([2H])C1([2H])O. The molecule has 0 aromatic carbocycles. The van der Waals surface area contributed by atoms with Gasteiger partial charge < -0.3 is 10.2 Å². The molecular weight excluding hydrogens is 248 g/mol. The lowest BCUT2D eigenvalue weighted by Crippen LogP contribution is -2.41. The summed E-state index contributed by atoms with van der Waals surface area (Å²) in [5.74, 6) is -0.471. The summed E-state index contributed by atoms with van der Waals surface area (Å²) in [6, 6.07) is 0. The van der Waals surface area contributed by atoms with Gasteiger partial charge in [-0.25, -0.2) is 0 Å². The van der Waals surface area contributed by atoms with Gasteiger partial charge in [-0.05, 0) is 75.6 Å². The van der Waals surface area contributed by atoms with Crippen molar-refractivity contribution >= 4 is 0 Å². The Balaban J connectivity index is 2.89. The topological polar surface area (TPSA) is 40.5 Å². The highest BCUT2D eigenvalue weighted by Crippen LogP contribution is 2.53. The standard InChI is InChI=1S/C18H32O2/c1-5-6-7-14-15-12-13(17(2,3)20)8-10-18(15,4)11-9-16(14)19/h13,16,19-20H,5-12H2,1-4H3/t13-,16?,18-/m1/s1/i1D3,5D2,6D2,7D2,9D2,16D. The van der Waals surface area contributed by atoms with E-state index in [0.29, 0.717) is 6.42 Å². The van der Waals surface area contributed by atoms with Crippen molar-refractivity contribution in [3.05, 3.63) is 11.1 Å². The average molecular weight is 293 g/mol. The number of allylic oxidation sites excluding steroid dienone is 1. The number of hydrogen-bond acceptors (Lipinski definition) is 2. The van der Waals surface area contributed by atoms with E-state index >= 15 is 0 Å². The Morgan fingerprint density at radius 3 is 2.95 bits per heavy atom. The van der Waals surface area contributed by atoms with Gasteiger partial charge in [0, 0.05) is 15.1 Å². The maximum absolute atomic E-state index is 11.0. The van der Waals surface area contributed by atoms with Crippen LogP contribution in [0.1, 0.15) is 95.2 Å². The molecule has 116 valence electrons. The summed E-state index contributed by atoms with van der Waals surface area (Å²) in [7, 11) is 0. The van der Waals surface area contributed by atoms with Crippen molar-refractivity contribution in [3.63, 3.8) is 0 Å². The van der Waals surface area contributed by atoms with Crippen molar-refractivity contribution in [1.82, 2.24) is 0 Å². The van der Waals surface area contributed by atoms with Crippen molar-refractivity contribution < 1.29 is 26.7 Å². The number of aliphatic hydroxyl groups is 2. The molecule has 0 bridgehead atoms. The maximum Gasteiger partial charge on any atom is 0.0753 e. The smallest absolute Gasteiger partial charge is 0.0753 e. The molecular formula is C18H32O2. The Hall–Kier alpha value is -0.340. The van der Waals surface area contributed by atoms with Gasteiger partial charge in [-0.3, -0.25) is 0 Å². The zero-order valence-corrected chi connectivity index (χ0v) is 12.3. The monoisotopic (exact) mass is 292 g/mol. The summed E-state index contributed by atoms with van der Waals surface area (Å²) in [4.78, 5) is 0. The van der Waals surface area contributed by atoms with E-state index in [0.717, 1.165) is 0 Å². The summed E-state index contributed by atoms with van der Waals surface area (Å²) < 4.78 is 96.6. The molecule has 1 saturated carbocycles. The number of hydrogen-bond donors (Lipinski definition) is 2. The van der Waals surface area contributed by atoms with Gasteiger partial charge >= 0.3 is 0 Å². The second kappa shape index (κ2) is 5.81. The molecule has 0 aromatic rings. The summed E-state index contributed by atoms with van der Waals surface area (Å²) >= 11 is 0. The van der Waals surface area contributed by atoms with Gasteiger partial charge in [-0.1, -0.05) is 25.7 Å². The van der Waals surface area contributed by atoms with Crippen molar-refractivity contribution in [1.29, 1.82) is 0 Å². The van der Waals surface area contributed by atoms with E-state index < -0.39 is 60.9 Å². The van der Waals surface area contributed by atoms with Gasteiger partial charge in [0.25, 0.3) is 0 Å². The van der Waals surface area contributed by atoms with E-state index in [4.69, 9.17) is 16.4 Å². The first-order valence-corrected chi connectivity index (χ1v) is 6.97. The van der Waals surface area contributed by atoms with Crippen LogP contribution in [0.2, 0.25) is 0 Å². The van der Waals surface area contributed by atoms with Gasteiger partial charge in [0.2, 0.25) is 0 Å². The number of fused-ring (bicyclic) bond motifs is 1. The van der Waals surface area contributed by atoms with Crippen LogP contribution in [0.15, 0.2) is 11.1 Å². The van der Waals surface area contributed by atoms with Crippen LogP contribution in [0.25, 0.3) is 0 Å². The lowest BCUT2D eigenvalue weighted by molar-refractivity contribution is -0.00760. The van der Waals surface area contributed by atoms with Crippen LogP contribution < -0.4 is 0 Å². The summed E-state index contributed by atoms with van der Waals surface area (Å²) in [6.45, 7) is 1.11. The fourth-order valence-corrected chi connectivity index (χ4v) is 3.18. The Morgan fingerprint density at radius 1 is 1.55 bits per heavy atom. The van der Waals surface area contributed by atoms with Gasteiger partial charge in [-0.2, -0.15) is 0 Å². The lowest BCUT2D eigenvalue weighted by Gasteiger charge is -2.48. The van der Waals surface area contributed by atoms with E-state index in [9.17, 15) is 10.2 Å². The molecule has 0 radical (unpaired) electrons. The first kappa shape index (κ1) is 6.42. The molecule has 3 atom stereocenters. The van der Waals surface area contributed by atoms with Crippen molar-refractivity contribution in [2.24, 2.45) is 11.3 Å². The average Bonchev–Trinajstić information content (AvgIpc) is 2.52. The zero-order valence-electron chi connectivity index (χ0n) is 24.3. The van der Waals surface area contributed by atoms with Gasteiger partial charge in [0.15, 0.2) is 0 Å². The molecule has 0 amide bonds. The second-order valence-corrected chi connectivity index (χ2v) is 6.58. The second-order valence-electron chi connectivity index (χ2n) is 6.58. The highest BCUT2D eigenvalue weighted by molar-refractivity contribution is 5.30. The maximum atomic E-state index is 11.0. The van der Waals surface area contributed by atoms with Crippen LogP contribution in [0.5, 0.6) is 0 Å². The van der Waals surface area contributed by atoms with Crippen molar-refractivity contribution in [3.8, 4) is 0 Å². The highest BCUT2D eigenvalue weighted by atomic mass is 16.3. The van der Waals surface area contributed by atoms with E-state index in [1.54, 1.807) is 6.92 Å². The fraction of sp³-hybridized carbons (Fsp3) is 0.889. The fourth-order valence-electron chi connectivity index (χ4n) is 3.18. The van der Waals surface area contributed by atoms with E-state index in [1.165, 1.54) is 13.8 Å².